The molecule has 3 nitrogen and oxygen atoms in total. The first-order valence-corrected chi connectivity index (χ1v) is 6.58. The standard InChI is InChI=1S/C15H20N2O/c1-12-6-8-15(18,9-7-12)11-17-14-5-3-2-4-13(14)10-16/h2-5,12,17-18H,6-9,11H2,1H3. The molecule has 1 fully saturated rings. The Kier molecular flexibility index (Phi) is 3.88. The molecule has 0 saturated heterocycles. The Morgan fingerprint density at radius 1 is 1.39 bits per heavy atom. The largest absolute Gasteiger partial charge is 0.388 e. The zero-order chi connectivity index (χ0) is 13.0. The van der Waals surface area contributed by atoms with Crippen LogP contribution in [0.25, 0.3) is 0 Å². The third-order valence-electron chi connectivity index (χ3n) is 3.86. The van der Waals surface area contributed by atoms with E-state index in [9.17, 15) is 5.11 Å². The topological polar surface area (TPSA) is 56.0 Å². The smallest absolute Gasteiger partial charge is 0.101 e. The molecule has 0 atom stereocenters. The van der Waals surface area contributed by atoms with Crippen LogP contribution in [-0.2, 0) is 0 Å². The Hall–Kier alpha value is -1.53. The highest BCUT2D eigenvalue weighted by molar-refractivity contribution is 5.57. The van der Waals surface area contributed by atoms with Crippen molar-refractivity contribution in [3.05, 3.63) is 29.8 Å². The van der Waals surface area contributed by atoms with E-state index in [4.69, 9.17) is 5.26 Å². The van der Waals surface area contributed by atoms with Gasteiger partial charge in [-0.3, -0.25) is 0 Å². The van der Waals surface area contributed by atoms with Crippen molar-refractivity contribution in [2.24, 2.45) is 5.92 Å². The van der Waals surface area contributed by atoms with E-state index in [1.54, 1.807) is 6.07 Å². The van der Waals surface area contributed by atoms with Crippen molar-refractivity contribution >= 4 is 5.69 Å². The number of anilines is 1. The SMILES string of the molecule is CC1CCC(O)(CNc2ccccc2C#N)CC1. The number of nitrogens with zero attached hydrogens (tertiary/aromatic N) is 1. The van der Waals surface area contributed by atoms with Crippen molar-refractivity contribution in [2.75, 3.05) is 11.9 Å². The summed E-state index contributed by atoms with van der Waals surface area (Å²) >= 11 is 0. The third kappa shape index (κ3) is 3.02. The van der Waals surface area contributed by atoms with Gasteiger partial charge in [0.2, 0.25) is 0 Å². The van der Waals surface area contributed by atoms with Gasteiger partial charge < -0.3 is 10.4 Å². The lowest BCUT2D eigenvalue weighted by Crippen LogP contribution is -2.40. The van der Waals surface area contributed by atoms with Crippen molar-refractivity contribution in [3.63, 3.8) is 0 Å². The van der Waals surface area contributed by atoms with Gasteiger partial charge in [-0.05, 0) is 43.7 Å². The molecule has 0 bridgehead atoms. The normalized spacial score (nSPS) is 27.5. The van der Waals surface area contributed by atoms with E-state index in [1.165, 1.54) is 0 Å². The van der Waals surface area contributed by atoms with Crippen LogP contribution in [0.4, 0.5) is 5.69 Å². The second-order valence-electron chi connectivity index (χ2n) is 5.42. The quantitative estimate of drug-likeness (QED) is 0.859. The molecule has 0 spiro atoms. The molecule has 1 aromatic rings. The summed E-state index contributed by atoms with van der Waals surface area (Å²) in [4.78, 5) is 0. The Morgan fingerprint density at radius 2 is 2.06 bits per heavy atom. The van der Waals surface area contributed by atoms with Crippen LogP contribution in [0.5, 0.6) is 0 Å². The molecule has 96 valence electrons. The molecule has 3 heteroatoms. The van der Waals surface area contributed by atoms with Crippen LogP contribution in [0.15, 0.2) is 24.3 Å². The maximum Gasteiger partial charge on any atom is 0.101 e. The summed E-state index contributed by atoms with van der Waals surface area (Å²) < 4.78 is 0. The minimum Gasteiger partial charge on any atom is -0.388 e. The first-order valence-electron chi connectivity index (χ1n) is 6.58. The zero-order valence-electron chi connectivity index (χ0n) is 10.8. The second-order valence-corrected chi connectivity index (χ2v) is 5.42. The van der Waals surface area contributed by atoms with Crippen LogP contribution < -0.4 is 5.32 Å². The highest BCUT2D eigenvalue weighted by Gasteiger charge is 2.31. The lowest BCUT2D eigenvalue weighted by atomic mass is 9.79. The van der Waals surface area contributed by atoms with E-state index in [1.807, 2.05) is 18.2 Å². The molecule has 1 aromatic carbocycles. The number of benzene rings is 1. The Labute approximate surface area is 108 Å². The molecular formula is C15H20N2O. The molecule has 2 rings (SSSR count). The monoisotopic (exact) mass is 244 g/mol. The first kappa shape index (κ1) is 12.9. The van der Waals surface area contributed by atoms with Crippen molar-refractivity contribution in [1.29, 1.82) is 5.26 Å². The van der Waals surface area contributed by atoms with Gasteiger partial charge in [0.25, 0.3) is 0 Å². The lowest BCUT2D eigenvalue weighted by Gasteiger charge is -2.35. The average Bonchev–Trinajstić information content (AvgIpc) is 2.41. The van der Waals surface area contributed by atoms with Crippen LogP contribution >= 0.6 is 0 Å². The third-order valence-corrected chi connectivity index (χ3v) is 3.86. The van der Waals surface area contributed by atoms with Crippen molar-refractivity contribution in [1.82, 2.24) is 0 Å². The van der Waals surface area contributed by atoms with Gasteiger partial charge in [-0.15, -0.1) is 0 Å². The molecule has 0 radical (unpaired) electrons. The van der Waals surface area contributed by atoms with Crippen molar-refractivity contribution in [2.45, 2.75) is 38.2 Å². The molecule has 1 aliphatic rings. The minimum absolute atomic E-state index is 0.526. The number of aliphatic hydroxyl groups is 1. The fourth-order valence-corrected chi connectivity index (χ4v) is 2.47. The summed E-state index contributed by atoms with van der Waals surface area (Å²) in [6.07, 6.45) is 3.85. The van der Waals surface area contributed by atoms with E-state index >= 15 is 0 Å². The minimum atomic E-state index is -0.616. The van der Waals surface area contributed by atoms with Crippen LogP contribution in [0, 0.1) is 17.2 Å². The summed E-state index contributed by atoms with van der Waals surface area (Å²) in [6.45, 7) is 2.76. The first-order chi connectivity index (χ1) is 8.63. The van der Waals surface area contributed by atoms with Crippen LogP contribution in [0.2, 0.25) is 0 Å². The van der Waals surface area contributed by atoms with E-state index < -0.39 is 5.60 Å². The summed E-state index contributed by atoms with van der Waals surface area (Å²) in [5.74, 6) is 0.719. The van der Waals surface area contributed by atoms with E-state index in [2.05, 4.69) is 18.3 Å². The maximum atomic E-state index is 10.5. The van der Waals surface area contributed by atoms with Crippen molar-refractivity contribution in [3.8, 4) is 6.07 Å². The van der Waals surface area contributed by atoms with Crippen LogP contribution in [0.3, 0.4) is 0 Å². The molecule has 18 heavy (non-hydrogen) atoms. The predicted molar refractivity (Wildman–Crippen MR) is 72.2 cm³/mol. The van der Waals surface area contributed by atoms with Crippen LogP contribution in [-0.4, -0.2) is 17.3 Å². The number of nitrogens with one attached hydrogen (secondary N) is 1. The molecule has 0 aliphatic heterocycles. The highest BCUT2D eigenvalue weighted by Crippen LogP contribution is 2.32. The molecule has 1 saturated carbocycles. The van der Waals surface area contributed by atoms with Gasteiger partial charge in [-0.25, -0.2) is 0 Å². The Bertz CT molecular complexity index is 442. The number of rotatable bonds is 3. The van der Waals surface area contributed by atoms with Gasteiger partial charge in [0.05, 0.1) is 16.9 Å². The second kappa shape index (κ2) is 5.41. The Balaban J connectivity index is 1.97. The number of para-hydroxylation sites is 1. The lowest BCUT2D eigenvalue weighted by molar-refractivity contribution is 0.00501. The molecule has 1 aliphatic carbocycles. The van der Waals surface area contributed by atoms with Crippen LogP contribution in [0.1, 0.15) is 38.2 Å². The van der Waals surface area contributed by atoms with Gasteiger partial charge in [0.15, 0.2) is 0 Å². The van der Waals surface area contributed by atoms with Gasteiger partial charge >= 0.3 is 0 Å². The molecular weight excluding hydrogens is 224 g/mol. The van der Waals surface area contributed by atoms with Gasteiger partial charge in [0.1, 0.15) is 6.07 Å². The summed E-state index contributed by atoms with van der Waals surface area (Å²) in [6, 6.07) is 9.58. The predicted octanol–water partition coefficient (Wildman–Crippen LogP) is 2.91. The average molecular weight is 244 g/mol. The van der Waals surface area contributed by atoms with Gasteiger partial charge in [-0.1, -0.05) is 19.1 Å². The zero-order valence-corrected chi connectivity index (χ0v) is 10.8. The highest BCUT2D eigenvalue weighted by atomic mass is 16.3. The number of hydrogen-bond donors (Lipinski definition) is 2. The Morgan fingerprint density at radius 3 is 2.72 bits per heavy atom. The fraction of sp³-hybridized carbons (Fsp3) is 0.533. The van der Waals surface area contributed by atoms with E-state index in [0.717, 1.165) is 37.3 Å². The number of nitriles is 1. The van der Waals surface area contributed by atoms with Gasteiger partial charge in [0, 0.05) is 6.54 Å². The van der Waals surface area contributed by atoms with Gasteiger partial charge in [-0.2, -0.15) is 5.26 Å². The molecule has 0 amide bonds. The number of hydrogen-bond acceptors (Lipinski definition) is 3. The summed E-state index contributed by atoms with van der Waals surface area (Å²) in [7, 11) is 0. The van der Waals surface area contributed by atoms with E-state index in [-0.39, 0.29) is 0 Å². The van der Waals surface area contributed by atoms with E-state index in [0.29, 0.717) is 12.1 Å². The molecule has 2 N–H and O–H groups in total. The summed E-state index contributed by atoms with van der Waals surface area (Å²) in [5.41, 5.74) is 0.826. The molecule has 0 heterocycles. The molecule has 0 aromatic heterocycles. The van der Waals surface area contributed by atoms with Crippen molar-refractivity contribution < 1.29 is 5.11 Å². The summed E-state index contributed by atoms with van der Waals surface area (Å²) in [5, 5.41) is 22.7. The molecule has 0 unspecified atom stereocenters. The fourth-order valence-electron chi connectivity index (χ4n) is 2.47. The maximum absolute atomic E-state index is 10.5.